The van der Waals surface area contributed by atoms with E-state index in [0.717, 1.165) is 55.0 Å². The second-order valence-electron chi connectivity index (χ2n) is 9.52. The number of hydrogen-bond donors (Lipinski definition) is 2. The Balaban J connectivity index is 1.22. The highest BCUT2D eigenvalue weighted by atomic mass is 19.1. The molecule has 0 amide bonds. The molecule has 0 radical (unpaired) electrons. The molecular formula is C26H29FN4O3. The zero-order valence-electron chi connectivity index (χ0n) is 19.5. The van der Waals surface area contributed by atoms with Crippen molar-refractivity contribution in [3.05, 3.63) is 69.0 Å². The first-order valence-electron chi connectivity index (χ1n) is 11.7. The van der Waals surface area contributed by atoms with Crippen molar-refractivity contribution in [2.24, 2.45) is 0 Å². The zero-order valence-corrected chi connectivity index (χ0v) is 19.5. The van der Waals surface area contributed by atoms with Crippen LogP contribution in [0.15, 0.2) is 24.3 Å². The Hall–Kier alpha value is -2.83. The van der Waals surface area contributed by atoms with Gasteiger partial charge in [-0.1, -0.05) is 12.1 Å². The number of carbonyl (C=O) groups is 1. The minimum atomic E-state index is -0.636. The molecule has 2 aromatic carbocycles. The van der Waals surface area contributed by atoms with Gasteiger partial charge in [0.2, 0.25) is 0 Å². The summed E-state index contributed by atoms with van der Waals surface area (Å²) >= 11 is 0. The quantitative estimate of drug-likeness (QED) is 0.672. The van der Waals surface area contributed by atoms with Gasteiger partial charge in [0.1, 0.15) is 18.5 Å². The first kappa shape index (κ1) is 22.9. The third kappa shape index (κ3) is 3.99. The van der Waals surface area contributed by atoms with Crippen molar-refractivity contribution in [2.75, 3.05) is 39.3 Å². The van der Waals surface area contributed by atoms with Crippen LogP contribution in [0.3, 0.4) is 0 Å². The van der Waals surface area contributed by atoms with Crippen LogP contribution in [0.2, 0.25) is 0 Å². The van der Waals surface area contributed by atoms with Crippen molar-refractivity contribution in [3.63, 3.8) is 0 Å². The van der Waals surface area contributed by atoms with Crippen LogP contribution in [-0.2, 0) is 11.3 Å². The molecule has 2 saturated heterocycles. The number of benzene rings is 2. The van der Waals surface area contributed by atoms with Gasteiger partial charge in [0.05, 0.1) is 17.2 Å². The topological polar surface area (TPSA) is 88.8 Å². The van der Waals surface area contributed by atoms with E-state index in [2.05, 4.69) is 15.1 Å². The highest BCUT2D eigenvalue weighted by Gasteiger charge is 2.35. The first-order valence-corrected chi connectivity index (χ1v) is 11.7. The third-order valence-corrected chi connectivity index (χ3v) is 7.65. The molecule has 0 aliphatic carbocycles. The standard InChI is InChI=1S/C26H29FN4O3/c1-15-18(5-6-23(27)21(15)9-28)24-12-31-8-7-30(11-17(31)10-29-24)13-25(32)19-3-4-20-22(16(19)2)14-34-26(20)33/h3-6,17,24-25,29,32H,7-8,10-14H2,1-2H3/t17-,24+,25?/m1/s1. The van der Waals surface area contributed by atoms with Crippen molar-refractivity contribution in [1.82, 2.24) is 15.1 Å². The van der Waals surface area contributed by atoms with Crippen molar-refractivity contribution in [3.8, 4) is 6.07 Å². The fraction of sp³-hybridized carbons (Fsp3) is 0.462. The van der Waals surface area contributed by atoms with Crippen LogP contribution in [0.1, 0.15) is 55.9 Å². The fourth-order valence-electron chi connectivity index (χ4n) is 5.62. The molecule has 2 N–H and O–H groups in total. The molecule has 178 valence electrons. The maximum Gasteiger partial charge on any atom is 0.338 e. The number of hydrogen-bond acceptors (Lipinski definition) is 7. The third-order valence-electron chi connectivity index (χ3n) is 7.65. The normalized spacial score (nSPS) is 23.7. The number of esters is 1. The Morgan fingerprint density at radius 3 is 2.85 bits per heavy atom. The summed E-state index contributed by atoms with van der Waals surface area (Å²) in [6.07, 6.45) is -0.636. The molecule has 34 heavy (non-hydrogen) atoms. The van der Waals surface area contributed by atoms with E-state index in [-0.39, 0.29) is 24.2 Å². The molecule has 8 heteroatoms. The summed E-state index contributed by atoms with van der Waals surface area (Å²) in [6.45, 7) is 8.72. The van der Waals surface area contributed by atoms with E-state index in [1.54, 1.807) is 12.1 Å². The summed E-state index contributed by atoms with van der Waals surface area (Å²) in [5.41, 5.74) is 5.07. The summed E-state index contributed by atoms with van der Waals surface area (Å²) in [5.74, 6) is -0.764. The summed E-state index contributed by atoms with van der Waals surface area (Å²) in [7, 11) is 0. The average molecular weight is 465 g/mol. The molecule has 0 aromatic heterocycles. The van der Waals surface area contributed by atoms with Crippen LogP contribution in [-0.4, -0.2) is 66.2 Å². The van der Waals surface area contributed by atoms with Crippen LogP contribution in [0.5, 0.6) is 0 Å². The number of β-amino-alcohol motifs (C(OH)–C–C–N with tert-alkyl or cyclic N) is 1. The van der Waals surface area contributed by atoms with E-state index in [1.807, 2.05) is 26.0 Å². The number of ether oxygens (including phenoxy) is 1. The lowest BCUT2D eigenvalue weighted by Gasteiger charge is -2.47. The van der Waals surface area contributed by atoms with Gasteiger partial charge >= 0.3 is 5.97 Å². The van der Waals surface area contributed by atoms with E-state index in [0.29, 0.717) is 23.7 Å². The molecule has 3 heterocycles. The van der Waals surface area contributed by atoms with E-state index >= 15 is 0 Å². The Bertz CT molecular complexity index is 1180. The molecule has 3 atom stereocenters. The van der Waals surface area contributed by atoms with Gasteiger partial charge in [0.25, 0.3) is 0 Å². The monoisotopic (exact) mass is 464 g/mol. The number of piperazine rings is 2. The van der Waals surface area contributed by atoms with Gasteiger partial charge in [0.15, 0.2) is 0 Å². The summed E-state index contributed by atoms with van der Waals surface area (Å²) in [4.78, 5) is 16.5. The molecule has 5 rings (SSSR count). The Morgan fingerprint density at radius 1 is 1.24 bits per heavy atom. The van der Waals surface area contributed by atoms with Crippen LogP contribution >= 0.6 is 0 Å². The van der Waals surface area contributed by atoms with Crippen molar-refractivity contribution < 1.29 is 19.0 Å². The zero-order chi connectivity index (χ0) is 24.0. The van der Waals surface area contributed by atoms with Crippen molar-refractivity contribution >= 4 is 5.97 Å². The lowest BCUT2D eigenvalue weighted by molar-refractivity contribution is 0.0187. The van der Waals surface area contributed by atoms with Crippen LogP contribution < -0.4 is 5.32 Å². The van der Waals surface area contributed by atoms with Crippen LogP contribution in [0, 0.1) is 31.0 Å². The molecule has 3 aliphatic heterocycles. The lowest BCUT2D eigenvalue weighted by Crippen LogP contribution is -2.62. The highest BCUT2D eigenvalue weighted by Crippen LogP contribution is 2.31. The number of aliphatic hydroxyl groups is 1. The lowest BCUT2D eigenvalue weighted by atomic mass is 9.93. The second-order valence-corrected chi connectivity index (χ2v) is 9.52. The average Bonchev–Trinajstić information content (AvgIpc) is 3.21. The van der Waals surface area contributed by atoms with E-state index in [9.17, 15) is 19.6 Å². The predicted octanol–water partition coefficient (Wildman–Crippen LogP) is 2.35. The Morgan fingerprint density at radius 2 is 2.06 bits per heavy atom. The molecule has 2 fully saturated rings. The Labute approximate surface area is 198 Å². The van der Waals surface area contributed by atoms with Crippen molar-refractivity contribution in [1.29, 1.82) is 5.26 Å². The minimum Gasteiger partial charge on any atom is -0.457 e. The highest BCUT2D eigenvalue weighted by molar-refractivity contribution is 5.93. The predicted molar refractivity (Wildman–Crippen MR) is 124 cm³/mol. The molecule has 7 nitrogen and oxygen atoms in total. The first-order chi connectivity index (χ1) is 16.4. The largest absolute Gasteiger partial charge is 0.457 e. The van der Waals surface area contributed by atoms with Gasteiger partial charge in [-0.25, -0.2) is 9.18 Å². The maximum atomic E-state index is 13.9. The molecule has 1 unspecified atom stereocenters. The smallest absolute Gasteiger partial charge is 0.338 e. The van der Waals surface area contributed by atoms with Crippen molar-refractivity contribution in [2.45, 2.75) is 38.6 Å². The summed E-state index contributed by atoms with van der Waals surface area (Å²) in [5, 5.41) is 23.9. The van der Waals surface area contributed by atoms with E-state index < -0.39 is 11.9 Å². The van der Waals surface area contributed by atoms with Gasteiger partial charge in [-0.2, -0.15) is 5.26 Å². The number of carbonyl (C=O) groups excluding carboxylic acids is 1. The number of nitriles is 1. The van der Waals surface area contributed by atoms with Gasteiger partial charge in [-0.15, -0.1) is 0 Å². The SMILES string of the molecule is Cc1c([C@@H]2CN3CCN(CC(O)c4ccc5c(c4C)COC5=O)C[C@H]3CN2)ccc(F)c1C#N. The fourth-order valence-corrected chi connectivity index (χ4v) is 5.62. The number of nitrogens with zero attached hydrogens (tertiary/aromatic N) is 3. The number of fused-ring (bicyclic) bond motifs is 2. The second kappa shape index (κ2) is 9.08. The molecular weight excluding hydrogens is 435 g/mol. The molecule has 0 saturated carbocycles. The molecule has 3 aliphatic rings. The van der Waals surface area contributed by atoms with Gasteiger partial charge < -0.3 is 15.2 Å². The molecule has 2 aromatic rings. The van der Waals surface area contributed by atoms with Crippen LogP contribution in [0.4, 0.5) is 4.39 Å². The maximum absolute atomic E-state index is 13.9. The number of halogens is 1. The molecule has 0 spiro atoms. The Kier molecular flexibility index (Phi) is 6.13. The molecule has 0 bridgehead atoms. The number of cyclic esters (lactones) is 1. The van der Waals surface area contributed by atoms with E-state index in [4.69, 9.17) is 4.74 Å². The summed E-state index contributed by atoms with van der Waals surface area (Å²) < 4.78 is 19.1. The van der Waals surface area contributed by atoms with Crippen LogP contribution in [0.25, 0.3) is 0 Å². The number of aliphatic hydroxyl groups excluding tert-OH is 1. The van der Waals surface area contributed by atoms with Gasteiger partial charge in [-0.3, -0.25) is 9.80 Å². The minimum absolute atomic E-state index is 0.0556. The summed E-state index contributed by atoms with van der Waals surface area (Å²) in [6, 6.07) is 9.13. The van der Waals surface area contributed by atoms with Gasteiger partial charge in [0, 0.05) is 56.9 Å². The number of rotatable bonds is 4. The van der Waals surface area contributed by atoms with Gasteiger partial charge in [-0.05, 0) is 48.2 Å². The van der Waals surface area contributed by atoms with E-state index in [1.165, 1.54) is 6.07 Å². The number of nitrogens with one attached hydrogen (secondary N) is 1.